The minimum atomic E-state index is 0.552. The molecule has 0 bridgehead atoms. The molecule has 0 radical (unpaired) electrons. The monoisotopic (exact) mass is 355 g/mol. The molecule has 0 heterocycles. The van der Waals surface area contributed by atoms with Crippen LogP contribution in [0.1, 0.15) is 117 Å². The van der Waals surface area contributed by atoms with E-state index in [1.165, 1.54) is 109 Å². The molecule has 1 N–H and O–H groups in total. The molecule has 0 saturated carbocycles. The van der Waals surface area contributed by atoms with E-state index in [2.05, 4.69) is 40.3 Å². The lowest BCUT2D eigenvalue weighted by molar-refractivity contribution is -0.897. The second kappa shape index (κ2) is 17.3. The first-order valence-corrected chi connectivity index (χ1v) is 11.5. The van der Waals surface area contributed by atoms with Crippen LogP contribution < -0.4 is 5.32 Å². The summed E-state index contributed by atoms with van der Waals surface area (Å²) in [6.07, 6.45) is 23.7. The molecule has 25 heavy (non-hydrogen) atoms. The highest BCUT2D eigenvalue weighted by Gasteiger charge is 2.16. The lowest BCUT2D eigenvalue weighted by atomic mass is 10.0. The van der Waals surface area contributed by atoms with Gasteiger partial charge in [0.15, 0.2) is 0 Å². The molecule has 0 amide bonds. The van der Waals surface area contributed by atoms with Crippen molar-refractivity contribution in [1.82, 2.24) is 5.32 Å². The van der Waals surface area contributed by atoms with Crippen molar-refractivity contribution < 1.29 is 4.48 Å². The van der Waals surface area contributed by atoms with E-state index in [0.29, 0.717) is 6.17 Å². The van der Waals surface area contributed by atoms with Crippen molar-refractivity contribution in [3.05, 3.63) is 0 Å². The third-order valence-corrected chi connectivity index (χ3v) is 5.63. The Bertz CT molecular complexity index is 257. The Hall–Kier alpha value is -0.0800. The van der Waals surface area contributed by atoms with E-state index in [4.69, 9.17) is 0 Å². The van der Waals surface area contributed by atoms with Crippen LogP contribution in [0.25, 0.3) is 0 Å². The Morgan fingerprint density at radius 1 is 0.560 bits per heavy atom. The molecular weight excluding hydrogens is 304 g/mol. The molecular formula is C23H51N2+. The van der Waals surface area contributed by atoms with Crippen LogP contribution in [0.4, 0.5) is 0 Å². The fraction of sp³-hybridized carbons (Fsp3) is 1.00. The molecule has 0 rings (SSSR count). The Morgan fingerprint density at radius 2 is 0.880 bits per heavy atom. The van der Waals surface area contributed by atoms with Gasteiger partial charge >= 0.3 is 0 Å². The summed E-state index contributed by atoms with van der Waals surface area (Å²) in [6, 6.07) is 0. The second-order valence-electron chi connectivity index (χ2n) is 9.05. The van der Waals surface area contributed by atoms with Crippen molar-refractivity contribution in [2.24, 2.45) is 0 Å². The minimum Gasteiger partial charge on any atom is -0.316 e. The topological polar surface area (TPSA) is 12.0 Å². The van der Waals surface area contributed by atoms with E-state index in [0.717, 1.165) is 4.48 Å². The van der Waals surface area contributed by atoms with E-state index < -0.39 is 0 Å². The summed E-state index contributed by atoms with van der Waals surface area (Å²) >= 11 is 0. The van der Waals surface area contributed by atoms with Gasteiger partial charge in [0.25, 0.3) is 0 Å². The van der Waals surface area contributed by atoms with Gasteiger partial charge in [-0.1, -0.05) is 103 Å². The molecule has 152 valence electrons. The molecule has 0 aromatic rings. The first-order chi connectivity index (χ1) is 12.0. The minimum absolute atomic E-state index is 0.552. The van der Waals surface area contributed by atoms with Crippen LogP contribution in [0.3, 0.4) is 0 Å². The first kappa shape index (κ1) is 24.9. The van der Waals surface area contributed by atoms with Crippen molar-refractivity contribution in [2.75, 3.05) is 27.7 Å². The highest BCUT2D eigenvalue weighted by molar-refractivity contribution is 4.52. The zero-order chi connectivity index (χ0) is 18.8. The SMILES string of the molecule is CCCCCCCCCCCCCCCCCCNC(C)[N+](C)(C)C. The Kier molecular flexibility index (Phi) is 17.3. The summed E-state index contributed by atoms with van der Waals surface area (Å²) in [6.45, 7) is 5.76. The van der Waals surface area contributed by atoms with Gasteiger partial charge in [0.2, 0.25) is 0 Å². The maximum atomic E-state index is 3.64. The molecule has 0 aliphatic heterocycles. The number of unbranched alkanes of at least 4 members (excludes halogenated alkanes) is 15. The maximum Gasteiger partial charge on any atom is 0.139 e. The molecule has 2 heteroatoms. The quantitative estimate of drug-likeness (QED) is 0.151. The van der Waals surface area contributed by atoms with Gasteiger partial charge in [-0.05, 0) is 6.42 Å². The van der Waals surface area contributed by atoms with Crippen molar-refractivity contribution in [2.45, 2.75) is 123 Å². The Labute approximate surface area is 160 Å². The summed E-state index contributed by atoms with van der Waals surface area (Å²) in [7, 11) is 6.77. The summed E-state index contributed by atoms with van der Waals surface area (Å²) in [4.78, 5) is 0. The molecule has 0 aromatic heterocycles. The smallest absolute Gasteiger partial charge is 0.139 e. The van der Waals surface area contributed by atoms with Gasteiger partial charge in [0.1, 0.15) is 6.17 Å². The summed E-state index contributed by atoms with van der Waals surface area (Å²) in [5.74, 6) is 0. The molecule has 1 unspecified atom stereocenters. The number of hydrogen-bond donors (Lipinski definition) is 1. The molecule has 0 aliphatic rings. The number of hydrogen-bond acceptors (Lipinski definition) is 1. The third kappa shape index (κ3) is 18.5. The normalized spacial score (nSPS) is 13.3. The zero-order valence-electron chi connectivity index (χ0n) is 18.5. The van der Waals surface area contributed by atoms with Crippen LogP contribution in [-0.2, 0) is 0 Å². The van der Waals surface area contributed by atoms with Gasteiger partial charge in [-0.3, -0.25) is 5.32 Å². The van der Waals surface area contributed by atoms with Crippen molar-refractivity contribution in [3.63, 3.8) is 0 Å². The zero-order valence-corrected chi connectivity index (χ0v) is 18.5. The highest BCUT2D eigenvalue weighted by atomic mass is 15.4. The average Bonchev–Trinajstić information content (AvgIpc) is 2.56. The number of nitrogens with one attached hydrogen (secondary N) is 1. The van der Waals surface area contributed by atoms with E-state index >= 15 is 0 Å². The van der Waals surface area contributed by atoms with Gasteiger partial charge in [-0.25, -0.2) is 0 Å². The predicted octanol–water partition coefficient (Wildman–Crippen LogP) is 6.89. The van der Waals surface area contributed by atoms with Gasteiger partial charge < -0.3 is 4.48 Å². The largest absolute Gasteiger partial charge is 0.316 e. The lowest BCUT2D eigenvalue weighted by Gasteiger charge is -2.32. The van der Waals surface area contributed by atoms with Gasteiger partial charge in [-0.15, -0.1) is 0 Å². The van der Waals surface area contributed by atoms with Crippen molar-refractivity contribution in [1.29, 1.82) is 0 Å². The van der Waals surface area contributed by atoms with Crippen LogP contribution in [0.2, 0.25) is 0 Å². The highest BCUT2D eigenvalue weighted by Crippen LogP contribution is 2.13. The number of quaternary nitrogens is 1. The fourth-order valence-electron chi connectivity index (χ4n) is 3.26. The standard InChI is InChI=1S/C23H51N2/c1-6-7-8-9-10-11-12-13-14-15-16-17-18-19-20-21-22-24-23(2)25(3,4)5/h23-24H,6-22H2,1-5H3/q+1. The number of nitrogens with zero attached hydrogens (tertiary/aromatic N) is 1. The lowest BCUT2D eigenvalue weighted by Crippen LogP contribution is -2.51. The van der Waals surface area contributed by atoms with Crippen molar-refractivity contribution in [3.8, 4) is 0 Å². The molecule has 0 fully saturated rings. The third-order valence-electron chi connectivity index (χ3n) is 5.63. The van der Waals surface area contributed by atoms with E-state index in [9.17, 15) is 0 Å². The average molecular weight is 356 g/mol. The molecule has 0 spiro atoms. The van der Waals surface area contributed by atoms with Crippen LogP contribution in [0.5, 0.6) is 0 Å². The second-order valence-corrected chi connectivity index (χ2v) is 9.05. The molecule has 1 atom stereocenters. The Morgan fingerprint density at radius 3 is 1.20 bits per heavy atom. The van der Waals surface area contributed by atoms with Crippen LogP contribution in [-0.4, -0.2) is 38.3 Å². The van der Waals surface area contributed by atoms with E-state index in [1.807, 2.05) is 0 Å². The van der Waals surface area contributed by atoms with Gasteiger partial charge in [0.05, 0.1) is 21.1 Å². The van der Waals surface area contributed by atoms with Gasteiger partial charge in [-0.2, -0.15) is 0 Å². The van der Waals surface area contributed by atoms with Crippen LogP contribution in [0, 0.1) is 0 Å². The summed E-state index contributed by atoms with van der Waals surface area (Å²) in [5.41, 5.74) is 0. The Balaban J connectivity index is 3.10. The summed E-state index contributed by atoms with van der Waals surface area (Å²) < 4.78 is 0.999. The summed E-state index contributed by atoms with van der Waals surface area (Å²) in [5, 5.41) is 3.64. The van der Waals surface area contributed by atoms with E-state index in [-0.39, 0.29) is 0 Å². The maximum absolute atomic E-state index is 3.64. The first-order valence-electron chi connectivity index (χ1n) is 11.5. The van der Waals surface area contributed by atoms with Crippen LogP contribution in [0.15, 0.2) is 0 Å². The molecule has 2 nitrogen and oxygen atoms in total. The predicted molar refractivity (Wildman–Crippen MR) is 115 cm³/mol. The van der Waals surface area contributed by atoms with Crippen LogP contribution >= 0.6 is 0 Å². The van der Waals surface area contributed by atoms with Gasteiger partial charge in [0, 0.05) is 13.5 Å². The fourth-order valence-corrected chi connectivity index (χ4v) is 3.26. The molecule has 0 saturated heterocycles. The van der Waals surface area contributed by atoms with E-state index in [1.54, 1.807) is 0 Å². The number of rotatable bonds is 19. The van der Waals surface area contributed by atoms with Crippen molar-refractivity contribution >= 4 is 0 Å². The molecule has 0 aromatic carbocycles. The molecule has 0 aliphatic carbocycles.